The Morgan fingerprint density at radius 2 is 1.94 bits per heavy atom. The third-order valence-electron chi connectivity index (χ3n) is 5.97. The molecule has 0 spiro atoms. The number of nitrogens with zero attached hydrogens (tertiary/aromatic N) is 2. The summed E-state index contributed by atoms with van der Waals surface area (Å²) < 4.78 is 16.0. The first kappa shape index (κ1) is 22.3. The number of aryl methyl sites for hydroxylation is 1. The second-order valence-electron chi connectivity index (χ2n) is 7.78. The van der Waals surface area contributed by atoms with Crippen molar-refractivity contribution >= 4 is 27.5 Å². The first-order valence-corrected chi connectivity index (χ1v) is 11.4. The second kappa shape index (κ2) is 8.91. The van der Waals surface area contributed by atoms with E-state index >= 15 is 0 Å². The van der Waals surface area contributed by atoms with E-state index in [1.165, 1.54) is 22.5 Å². The van der Waals surface area contributed by atoms with E-state index in [2.05, 4.69) is 9.88 Å². The predicted molar refractivity (Wildman–Crippen MR) is 123 cm³/mol. The molecular formula is C23H27N3O5S. The number of fused-ring (bicyclic) bond motifs is 2. The van der Waals surface area contributed by atoms with Crippen molar-refractivity contribution in [3.05, 3.63) is 49.9 Å². The Bertz CT molecular complexity index is 1230. The minimum atomic E-state index is -0.418. The Morgan fingerprint density at radius 3 is 2.59 bits per heavy atom. The standard InChI is InChI=1S/C23H27N3O5S/c1-6-31-23(28)19-12(2)18-21(27)24-20(25-22(18)32-19)13(3)26-8-7-14-9-16(29-4)17(30-5)10-15(14)11-26/h9-10,13H,6-8,11H2,1-5H3,(H,24,25,27)/t13-/m1/s1. The van der Waals surface area contributed by atoms with Crippen molar-refractivity contribution in [3.8, 4) is 11.5 Å². The van der Waals surface area contributed by atoms with Gasteiger partial charge in [-0.05, 0) is 56.0 Å². The number of carbonyl (C=O) groups is 1. The molecule has 0 aliphatic carbocycles. The molecule has 4 rings (SSSR count). The van der Waals surface area contributed by atoms with E-state index < -0.39 is 5.97 Å². The molecule has 0 saturated heterocycles. The molecule has 0 fully saturated rings. The molecule has 0 amide bonds. The van der Waals surface area contributed by atoms with Crippen LogP contribution in [0.1, 0.15) is 52.1 Å². The number of methoxy groups -OCH3 is 2. The number of ether oxygens (including phenoxy) is 3. The van der Waals surface area contributed by atoms with E-state index in [-0.39, 0.29) is 18.2 Å². The van der Waals surface area contributed by atoms with E-state index in [0.29, 0.717) is 38.8 Å². The SMILES string of the molecule is CCOC(=O)c1sc2nc([C@@H](C)N3CCc4cc(OC)c(OC)cc4C3)[nH]c(=O)c2c1C. The van der Waals surface area contributed by atoms with Gasteiger partial charge in [-0.15, -0.1) is 11.3 Å². The average molecular weight is 458 g/mol. The number of carbonyl (C=O) groups excluding carboxylic acids is 1. The van der Waals surface area contributed by atoms with Crippen LogP contribution in [-0.4, -0.2) is 48.2 Å². The molecule has 32 heavy (non-hydrogen) atoms. The zero-order chi connectivity index (χ0) is 23.0. The maximum Gasteiger partial charge on any atom is 0.348 e. The second-order valence-corrected chi connectivity index (χ2v) is 8.78. The van der Waals surface area contributed by atoms with Crippen molar-refractivity contribution in [1.29, 1.82) is 0 Å². The van der Waals surface area contributed by atoms with Crippen molar-refractivity contribution < 1.29 is 19.0 Å². The van der Waals surface area contributed by atoms with Crippen LogP contribution in [-0.2, 0) is 17.7 Å². The first-order chi connectivity index (χ1) is 15.4. The van der Waals surface area contributed by atoms with Crippen molar-refractivity contribution in [2.45, 2.75) is 39.8 Å². The number of benzene rings is 1. The molecule has 8 nitrogen and oxygen atoms in total. The van der Waals surface area contributed by atoms with E-state index in [0.717, 1.165) is 18.7 Å². The molecule has 1 atom stereocenters. The number of hydrogen-bond donors (Lipinski definition) is 1. The van der Waals surface area contributed by atoms with Gasteiger partial charge in [-0.25, -0.2) is 9.78 Å². The smallest absolute Gasteiger partial charge is 0.348 e. The van der Waals surface area contributed by atoms with Gasteiger partial charge >= 0.3 is 5.97 Å². The number of nitrogens with one attached hydrogen (secondary N) is 1. The number of aromatic nitrogens is 2. The normalized spacial score (nSPS) is 14.8. The summed E-state index contributed by atoms with van der Waals surface area (Å²) in [5.74, 6) is 1.60. The van der Waals surface area contributed by atoms with Crippen LogP contribution >= 0.6 is 11.3 Å². The van der Waals surface area contributed by atoms with Gasteiger partial charge in [-0.3, -0.25) is 9.69 Å². The Labute approximate surface area is 190 Å². The van der Waals surface area contributed by atoms with Crippen LogP contribution in [0, 0.1) is 6.92 Å². The molecule has 0 radical (unpaired) electrons. The van der Waals surface area contributed by atoms with Crippen molar-refractivity contribution in [2.75, 3.05) is 27.4 Å². The number of H-pyrrole nitrogens is 1. The largest absolute Gasteiger partial charge is 0.493 e. The number of hydrogen-bond acceptors (Lipinski definition) is 8. The van der Waals surface area contributed by atoms with Gasteiger partial charge in [-0.2, -0.15) is 0 Å². The molecule has 3 heterocycles. The lowest BCUT2D eigenvalue weighted by molar-refractivity contribution is 0.0531. The zero-order valence-corrected chi connectivity index (χ0v) is 19.7. The fourth-order valence-electron chi connectivity index (χ4n) is 4.16. The van der Waals surface area contributed by atoms with E-state index in [9.17, 15) is 9.59 Å². The number of thiophene rings is 1. The predicted octanol–water partition coefficient (Wildman–Crippen LogP) is 3.61. The Kier molecular flexibility index (Phi) is 6.21. The van der Waals surface area contributed by atoms with Gasteiger partial charge in [0.15, 0.2) is 11.5 Å². The molecule has 9 heteroatoms. The molecule has 0 bridgehead atoms. The number of esters is 1. The lowest BCUT2D eigenvalue weighted by Gasteiger charge is -2.33. The van der Waals surface area contributed by atoms with Crippen LogP contribution in [0.3, 0.4) is 0 Å². The van der Waals surface area contributed by atoms with Crippen LogP contribution in [0.2, 0.25) is 0 Å². The third-order valence-corrected chi connectivity index (χ3v) is 7.14. The maximum atomic E-state index is 12.9. The minimum Gasteiger partial charge on any atom is -0.493 e. The van der Waals surface area contributed by atoms with Gasteiger partial charge < -0.3 is 19.2 Å². The van der Waals surface area contributed by atoms with Gasteiger partial charge in [0.05, 0.1) is 32.3 Å². The molecule has 1 aliphatic rings. The summed E-state index contributed by atoms with van der Waals surface area (Å²) in [6, 6.07) is 3.94. The molecule has 0 unspecified atom stereocenters. The van der Waals surface area contributed by atoms with Crippen molar-refractivity contribution in [2.24, 2.45) is 0 Å². The van der Waals surface area contributed by atoms with Crippen molar-refractivity contribution in [1.82, 2.24) is 14.9 Å². The van der Waals surface area contributed by atoms with E-state index in [1.54, 1.807) is 28.1 Å². The monoisotopic (exact) mass is 457 g/mol. The zero-order valence-electron chi connectivity index (χ0n) is 18.9. The average Bonchev–Trinajstić information content (AvgIpc) is 3.14. The van der Waals surface area contributed by atoms with Crippen molar-refractivity contribution in [3.63, 3.8) is 0 Å². The number of rotatable bonds is 6. The first-order valence-electron chi connectivity index (χ1n) is 10.6. The highest BCUT2D eigenvalue weighted by Crippen LogP contribution is 2.35. The number of aromatic amines is 1. The quantitative estimate of drug-likeness (QED) is 0.565. The molecule has 0 saturated carbocycles. The van der Waals surface area contributed by atoms with E-state index in [1.807, 2.05) is 19.1 Å². The highest BCUT2D eigenvalue weighted by Gasteiger charge is 2.27. The highest BCUT2D eigenvalue weighted by atomic mass is 32.1. The Morgan fingerprint density at radius 1 is 1.25 bits per heavy atom. The Balaban J connectivity index is 1.65. The summed E-state index contributed by atoms with van der Waals surface area (Å²) in [5.41, 5.74) is 2.78. The fourth-order valence-corrected chi connectivity index (χ4v) is 5.24. The molecule has 2 aromatic heterocycles. The molecule has 170 valence electrons. The van der Waals surface area contributed by atoms with Gasteiger partial charge in [-0.1, -0.05) is 0 Å². The summed E-state index contributed by atoms with van der Waals surface area (Å²) in [7, 11) is 3.27. The summed E-state index contributed by atoms with van der Waals surface area (Å²) in [6.07, 6.45) is 0.859. The topological polar surface area (TPSA) is 93.8 Å². The molecular weight excluding hydrogens is 430 g/mol. The van der Waals surface area contributed by atoms with E-state index in [4.69, 9.17) is 19.2 Å². The maximum absolute atomic E-state index is 12.9. The Hall–Kier alpha value is -2.91. The van der Waals surface area contributed by atoms with Gasteiger partial charge in [0, 0.05) is 13.1 Å². The lowest BCUT2D eigenvalue weighted by Crippen LogP contribution is -2.34. The van der Waals surface area contributed by atoms with Crippen LogP contribution in [0.5, 0.6) is 11.5 Å². The summed E-state index contributed by atoms with van der Waals surface area (Å²) in [5, 5.41) is 0.454. The van der Waals surface area contributed by atoms with Gasteiger partial charge in [0.25, 0.3) is 5.56 Å². The van der Waals surface area contributed by atoms with Crippen LogP contribution in [0.25, 0.3) is 10.2 Å². The van der Waals surface area contributed by atoms with Gasteiger partial charge in [0.2, 0.25) is 0 Å². The molecule has 3 aromatic rings. The highest BCUT2D eigenvalue weighted by molar-refractivity contribution is 7.20. The lowest BCUT2D eigenvalue weighted by atomic mass is 9.97. The summed E-state index contributed by atoms with van der Waals surface area (Å²) in [6.45, 7) is 7.36. The fraction of sp³-hybridized carbons (Fsp3) is 0.435. The van der Waals surface area contributed by atoms with Crippen LogP contribution in [0.15, 0.2) is 16.9 Å². The molecule has 1 aromatic carbocycles. The summed E-state index contributed by atoms with van der Waals surface area (Å²) >= 11 is 1.21. The summed E-state index contributed by atoms with van der Waals surface area (Å²) in [4.78, 5) is 36.0. The third kappa shape index (κ3) is 3.86. The van der Waals surface area contributed by atoms with Crippen LogP contribution < -0.4 is 15.0 Å². The van der Waals surface area contributed by atoms with Gasteiger partial charge in [0.1, 0.15) is 15.5 Å². The molecule has 1 aliphatic heterocycles. The molecule has 1 N–H and O–H groups in total. The van der Waals surface area contributed by atoms with Crippen LogP contribution in [0.4, 0.5) is 0 Å². The minimum absolute atomic E-state index is 0.109.